The average molecular weight is 291 g/mol. The molecule has 0 atom stereocenters. The second kappa shape index (κ2) is 5.41. The second-order valence-electron chi connectivity index (χ2n) is 6.66. The maximum Gasteiger partial charge on any atom is 0.162 e. The van der Waals surface area contributed by atoms with Crippen molar-refractivity contribution in [2.45, 2.75) is 33.2 Å². The molecule has 0 aliphatic rings. The van der Waals surface area contributed by atoms with Crippen LogP contribution in [0.2, 0.25) is 0 Å². The maximum atomic E-state index is 4.78. The molecule has 1 aromatic heterocycles. The molecule has 3 nitrogen and oxygen atoms in total. The predicted molar refractivity (Wildman–Crippen MR) is 93.1 cm³/mol. The first-order valence-corrected chi connectivity index (χ1v) is 7.54. The van der Waals surface area contributed by atoms with Gasteiger partial charge in [-0.3, -0.25) is 0 Å². The van der Waals surface area contributed by atoms with Crippen molar-refractivity contribution in [2.75, 3.05) is 5.32 Å². The lowest BCUT2D eigenvalue weighted by atomic mass is 10.1. The van der Waals surface area contributed by atoms with E-state index in [0.29, 0.717) is 0 Å². The number of benzene rings is 2. The van der Waals surface area contributed by atoms with Crippen LogP contribution in [0, 0.1) is 6.92 Å². The van der Waals surface area contributed by atoms with E-state index in [1.807, 2.05) is 24.3 Å². The van der Waals surface area contributed by atoms with Gasteiger partial charge in [-0.25, -0.2) is 9.97 Å². The van der Waals surface area contributed by atoms with E-state index in [4.69, 9.17) is 9.97 Å². The summed E-state index contributed by atoms with van der Waals surface area (Å²) in [6.45, 7) is 8.49. The standard InChI is InChI=1S/C19H21N3/c1-13-8-7-9-14(12-13)17-20-16-11-6-5-10-15(16)18(21-17)22-19(2,3)4/h5-12H,1-4H3,(H,20,21,22). The zero-order valence-corrected chi connectivity index (χ0v) is 13.5. The molecule has 3 rings (SSSR count). The highest BCUT2D eigenvalue weighted by atomic mass is 15.1. The zero-order valence-electron chi connectivity index (χ0n) is 13.5. The maximum absolute atomic E-state index is 4.78. The van der Waals surface area contributed by atoms with E-state index in [2.05, 4.69) is 57.3 Å². The molecule has 0 saturated heterocycles. The number of fused-ring (bicyclic) bond motifs is 1. The number of aryl methyl sites for hydroxylation is 1. The average Bonchev–Trinajstić information content (AvgIpc) is 2.45. The fraction of sp³-hybridized carbons (Fsp3) is 0.263. The van der Waals surface area contributed by atoms with Gasteiger partial charge in [-0.15, -0.1) is 0 Å². The van der Waals surface area contributed by atoms with Gasteiger partial charge < -0.3 is 5.32 Å². The van der Waals surface area contributed by atoms with Gasteiger partial charge in [0.25, 0.3) is 0 Å². The lowest BCUT2D eigenvalue weighted by Gasteiger charge is -2.22. The smallest absolute Gasteiger partial charge is 0.162 e. The highest BCUT2D eigenvalue weighted by Crippen LogP contribution is 2.27. The summed E-state index contributed by atoms with van der Waals surface area (Å²) in [5, 5.41) is 4.55. The Hall–Kier alpha value is -2.42. The number of nitrogens with zero attached hydrogens (tertiary/aromatic N) is 2. The Labute approximate surface area is 131 Å². The minimum absolute atomic E-state index is 0.0546. The summed E-state index contributed by atoms with van der Waals surface area (Å²) in [5.41, 5.74) is 3.16. The van der Waals surface area contributed by atoms with Crippen molar-refractivity contribution in [3.63, 3.8) is 0 Å². The van der Waals surface area contributed by atoms with Crippen LogP contribution < -0.4 is 5.32 Å². The molecule has 0 saturated carbocycles. The minimum atomic E-state index is -0.0546. The summed E-state index contributed by atoms with van der Waals surface area (Å²) in [4.78, 5) is 9.50. The first-order valence-electron chi connectivity index (χ1n) is 7.54. The molecule has 0 amide bonds. The first kappa shape index (κ1) is 14.5. The summed E-state index contributed by atoms with van der Waals surface area (Å²) in [6.07, 6.45) is 0. The lowest BCUT2D eigenvalue weighted by Crippen LogP contribution is -2.27. The van der Waals surface area contributed by atoms with Crippen LogP contribution in [0.5, 0.6) is 0 Å². The van der Waals surface area contributed by atoms with Crippen LogP contribution in [0.4, 0.5) is 5.82 Å². The van der Waals surface area contributed by atoms with Crippen molar-refractivity contribution in [1.82, 2.24) is 9.97 Å². The zero-order chi connectivity index (χ0) is 15.7. The SMILES string of the molecule is Cc1cccc(-c2nc(NC(C)(C)C)c3ccccc3n2)c1. The van der Waals surface area contributed by atoms with Crippen LogP contribution in [-0.4, -0.2) is 15.5 Å². The molecule has 1 heterocycles. The van der Waals surface area contributed by atoms with Gasteiger partial charge in [-0.1, -0.05) is 35.9 Å². The van der Waals surface area contributed by atoms with E-state index in [9.17, 15) is 0 Å². The molecule has 0 fully saturated rings. The van der Waals surface area contributed by atoms with Crippen LogP contribution in [0.25, 0.3) is 22.3 Å². The van der Waals surface area contributed by atoms with Gasteiger partial charge in [0.1, 0.15) is 5.82 Å². The van der Waals surface area contributed by atoms with E-state index in [0.717, 1.165) is 28.1 Å². The topological polar surface area (TPSA) is 37.8 Å². The van der Waals surface area contributed by atoms with Gasteiger partial charge in [-0.05, 0) is 45.9 Å². The van der Waals surface area contributed by atoms with E-state index in [1.165, 1.54) is 5.56 Å². The molecule has 0 aliphatic heterocycles. The Kier molecular flexibility index (Phi) is 3.57. The number of anilines is 1. The molecule has 3 aromatic rings. The van der Waals surface area contributed by atoms with Crippen LogP contribution in [0.1, 0.15) is 26.3 Å². The fourth-order valence-electron chi connectivity index (χ4n) is 2.44. The van der Waals surface area contributed by atoms with E-state index >= 15 is 0 Å². The van der Waals surface area contributed by atoms with E-state index < -0.39 is 0 Å². The molecule has 0 unspecified atom stereocenters. The molecule has 0 radical (unpaired) electrons. The summed E-state index contributed by atoms with van der Waals surface area (Å²) >= 11 is 0. The van der Waals surface area contributed by atoms with E-state index in [-0.39, 0.29) is 5.54 Å². The highest BCUT2D eigenvalue weighted by Gasteiger charge is 2.15. The second-order valence-corrected chi connectivity index (χ2v) is 6.66. The largest absolute Gasteiger partial charge is 0.365 e. The number of nitrogens with one attached hydrogen (secondary N) is 1. The van der Waals surface area contributed by atoms with E-state index in [1.54, 1.807) is 0 Å². The number of aromatic nitrogens is 2. The Morgan fingerprint density at radius 3 is 2.41 bits per heavy atom. The van der Waals surface area contributed by atoms with Gasteiger partial charge in [0.05, 0.1) is 5.52 Å². The minimum Gasteiger partial charge on any atom is -0.365 e. The van der Waals surface area contributed by atoms with Crippen LogP contribution in [-0.2, 0) is 0 Å². The van der Waals surface area contributed by atoms with Crippen LogP contribution in [0.15, 0.2) is 48.5 Å². The molecule has 2 aromatic carbocycles. The highest BCUT2D eigenvalue weighted by molar-refractivity contribution is 5.90. The summed E-state index contributed by atoms with van der Waals surface area (Å²) < 4.78 is 0. The van der Waals surface area contributed by atoms with Crippen molar-refractivity contribution >= 4 is 16.7 Å². The first-order chi connectivity index (χ1) is 10.4. The Bertz CT molecular complexity index is 816. The molecular formula is C19H21N3. The third kappa shape index (κ3) is 3.08. The molecule has 1 N–H and O–H groups in total. The van der Waals surface area contributed by atoms with Crippen molar-refractivity contribution in [2.24, 2.45) is 0 Å². The number of hydrogen-bond donors (Lipinski definition) is 1. The molecule has 0 bridgehead atoms. The Morgan fingerprint density at radius 2 is 1.68 bits per heavy atom. The van der Waals surface area contributed by atoms with Gasteiger partial charge in [-0.2, -0.15) is 0 Å². The van der Waals surface area contributed by atoms with Gasteiger partial charge in [0, 0.05) is 16.5 Å². The lowest BCUT2D eigenvalue weighted by molar-refractivity contribution is 0.631. The molecule has 3 heteroatoms. The predicted octanol–water partition coefficient (Wildman–Crippen LogP) is 4.82. The molecule has 112 valence electrons. The molecule has 22 heavy (non-hydrogen) atoms. The van der Waals surface area contributed by atoms with Gasteiger partial charge in [0.15, 0.2) is 5.82 Å². The number of hydrogen-bond acceptors (Lipinski definition) is 3. The number of rotatable bonds is 2. The Balaban J connectivity index is 2.20. The number of para-hydroxylation sites is 1. The summed E-state index contributed by atoms with van der Waals surface area (Å²) in [5.74, 6) is 1.64. The fourth-order valence-corrected chi connectivity index (χ4v) is 2.44. The van der Waals surface area contributed by atoms with Crippen molar-refractivity contribution in [3.8, 4) is 11.4 Å². The summed E-state index contributed by atoms with van der Waals surface area (Å²) in [6, 6.07) is 16.4. The van der Waals surface area contributed by atoms with Gasteiger partial charge in [0.2, 0.25) is 0 Å². The quantitative estimate of drug-likeness (QED) is 0.736. The molecular weight excluding hydrogens is 270 g/mol. The third-order valence-corrected chi connectivity index (χ3v) is 3.37. The Morgan fingerprint density at radius 1 is 0.909 bits per heavy atom. The summed E-state index contributed by atoms with van der Waals surface area (Å²) in [7, 11) is 0. The molecule has 0 aliphatic carbocycles. The van der Waals surface area contributed by atoms with Crippen molar-refractivity contribution in [1.29, 1.82) is 0 Å². The monoisotopic (exact) mass is 291 g/mol. The van der Waals surface area contributed by atoms with Crippen LogP contribution >= 0.6 is 0 Å². The van der Waals surface area contributed by atoms with Gasteiger partial charge >= 0.3 is 0 Å². The van der Waals surface area contributed by atoms with Crippen molar-refractivity contribution in [3.05, 3.63) is 54.1 Å². The normalized spacial score (nSPS) is 11.6. The molecule has 0 spiro atoms. The third-order valence-electron chi connectivity index (χ3n) is 3.37. The van der Waals surface area contributed by atoms with Crippen molar-refractivity contribution < 1.29 is 0 Å². The van der Waals surface area contributed by atoms with Crippen LogP contribution in [0.3, 0.4) is 0 Å².